The Balaban J connectivity index is 3.46. The van der Waals surface area contributed by atoms with Crippen molar-refractivity contribution in [3.63, 3.8) is 0 Å². The summed E-state index contributed by atoms with van der Waals surface area (Å²) in [7, 11) is 2.65. The van der Waals surface area contributed by atoms with Gasteiger partial charge in [-0.2, -0.15) is 0 Å². The number of halogens is 2. The maximum atomic E-state index is 13.0. The van der Waals surface area contributed by atoms with Gasteiger partial charge in [-0.3, -0.25) is 4.79 Å². The number of carboxylic acids is 1. The number of aliphatic carboxylic acids is 1. The van der Waals surface area contributed by atoms with E-state index < -0.39 is 23.9 Å². The van der Waals surface area contributed by atoms with Crippen LogP contribution < -0.4 is 15.2 Å². The highest BCUT2D eigenvalue weighted by atomic mass is 19.3. The fourth-order valence-corrected chi connectivity index (χ4v) is 1.76. The van der Waals surface area contributed by atoms with Crippen LogP contribution in [0.4, 0.5) is 8.78 Å². The third kappa shape index (κ3) is 3.11. The first kappa shape index (κ1) is 15.2. The molecule has 1 aromatic rings. The van der Waals surface area contributed by atoms with Crippen LogP contribution in [0.5, 0.6) is 11.5 Å². The van der Waals surface area contributed by atoms with Crippen molar-refractivity contribution in [2.45, 2.75) is 12.3 Å². The summed E-state index contributed by atoms with van der Waals surface area (Å²) in [5.41, 5.74) is 4.85. The van der Waals surface area contributed by atoms with Crippen molar-refractivity contribution in [1.29, 1.82) is 0 Å². The number of hydrogen-bond acceptors (Lipinski definition) is 4. The molecule has 5 nitrogen and oxygen atoms in total. The molecule has 0 saturated heterocycles. The second-order valence-electron chi connectivity index (χ2n) is 3.76. The van der Waals surface area contributed by atoms with Crippen LogP contribution in [-0.4, -0.2) is 31.8 Å². The maximum Gasteiger partial charge on any atom is 0.312 e. The molecule has 19 heavy (non-hydrogen) atoms. The number of alkyl halides is 2. The van der Waals surface area contributed by atoms with E-state index in [1.54, 1.807) is 0 Å². The van der Waals surface area contributed by atoms with Crippen LogP contribution in [0.3, 0.4) is 0 Å². The van der Waals surface area contributed by atoms with Gasteiger partial charge in [-0.1, -0.05) is 0 Å². The summed E-state index contributed by atoms with van der Waals surface area (Å²) in [6.07, 6.45) is -2.83. The Bertz CT molecular complexity index is 465. The molecule has 0 saturated carbocycles. The lowest BCUT2D eigenvalue weighted by molar-refractivity contribution is -0.138. The predicted molar refractivity (Wildman–Crippen MR) is 63.9 cm³/mol. The Kier molecular flexibility index (Phi) is 5.05. The van der Waals surface area contributed by atoms with E-state index in [0.717, 1.165) is 6.07 Å². The zero-order valence-electron chi connectivity index (χ0n) is 10.5. The number of carbonyl (C=O) groups is 1. The highest BCUT2D eigenvalue weighted by molar-refractivity contribution is 5.77. The lowest BCUT2D eigenvalue weighted by Gasteiger charge is -2.18. The first-order valence-corrected chi connectivity index (χ1v) is 5.43. The molecule has 0 aliphatic carbocycles. The molecule has 3 N–H and O–H groups in total. The van der Waals surface area contributed by atoms with Crippen molar-refractivity contribution in [3.05, 3.63) is 23.3 Å². The molecule has 1 atom stereocenters. The molecule has 0 heterocycles. The number of hydrogen-bond donors (Lipinski definition) is 2. The minimum atomic E-state index is -2.83. The van der Waals surface area contributed by atoms with Crippen molar-refractivity contribution in [2.75, 3.05) is 20.8 Å². The molecule has 106 valence electrons. The topological polar surface area (TPSA) is 81.8 Å². The van der Waals surface area contributed by atoms with Crippen molar-refractivity contribution in [1.82, 2.24) is 0 Å². The molecule has 1 rings (SSSR count). The fourth-order valence-electron chi connectivity index (χ4n) is 1.76. The molecule has 0 radical (unpaired) electrons. The van der Waals surface area contributed by atoms with Gasteiger partial charge in [0.05, 0.1) is 20.1 Å². The van der Waals surface area contributed by atoms with Crippen molar-refractivity contribution < 1.29 is 28.2 Å². The van der Waals surface area contributed by atoms with Gasteiger partial charge in [-0.05, 0) is 17.7 Å². The van der Waals surface area contributed by atoms with Gasteiger partial charge in [0.1, 0.15) is 0 Å². The molecule has 0 bridgehead atoms. The van der Waals surface area contributed by atoms with E-state index in [4.69, 9.17) is 20.3 Å². The van der Waals surface area contributed by atoms with E-state index in [9.17, 15) is 13.6 Å². The molecule has 0 amide bonds. The fraction of sp³-hybridized carbons (Fsp3) is 0.417. The smallest absolute Gasteiger partial charge is 0.312 e. The summed E-state index contributed by atoms with van der Waals surface area (Å²) < 4.78 is 35.9. The first-order valence-electron chi connectivity index (χ1n) is 5.43. The second-order valence-corrected chi connectivity index (χ2v) is 3.76. The third-order valence-electron chi connectivity index (χ3n) is 2.73. The van der Waals surface area contributed by atoms with Crippen LogP contribution in [0.15, 0.2) is 12.1 Å². The Morgan fingerprint density at radius 1 is 1.26 bits per heavy atom. The van der Waals surface area contributed by atoms with Crippen LogP contribution in [0, 0.1) is 0 Å². The van der Waals surface area contributed by atoms with E-state index in [0.29, 0.717) is 0 Å². The van der Waals surface area contributed by atoms with Crippen LogP contribution in [0.1, 0.15) is 23.5 Å². The average molecular weight is 275 g/mol. The zero-order valence-corrected chi connectivity index (χ0v) is 10.5. The molecule has 0 aliphatic heterocycles. The van der Waals surface area contributed by atoms with Crippen molar-refractivity contribution in [2.24, 2.45) is 5.73 Å². The molecular formula is C12H15F2NO4. The van der Waals surface area contributed by atoms with Gasteiger partial charge in [0.15, 0.2) is 11.5 Å². The number of rotatable bonds is 6. The third-order valence-corrected chi connectivity index (χ3v) is 2.73. The minimum Gasteiger partial charge on any atom is -0.493 e. The molecule has 0 spiro atoms. The lowest BCUT2D eigenvalue weighted by Crippen LogP contribution is -2.22. The SMILES string of the molecule is COc1cc(C(F)F)c(C(CN)C(=O)O)cc1OC. The normalized spacial score (nSPS) is 12.3. The molecule has 1 aromatic carbocycles. The standard InChI is InChI=1S/C12H15F2NO4/c1-18-9-3-6(8(5-15)12(16)17)7(11(13)14)4-10(9)19-2/h3-4,8,11H,5,15H2,1-2H3,(H,16,17). The van der Waals surface area contributed by atoms with E-state index >= 15 is 0 Å². The maximum absolute atomic E-state index is 13.0. The lowest BCUT2D eigenvalue weighted by atomic mass is 9.93. The van der Waals surface area contributed by atoms with Crippen molar-refractivity contribution >= 4 is 5.97 Å². The van der Waals surface area contributed by atoms with Crippen LogP contribution in [-0.2, 0) is 4.79 Å². The Morgan fingerprint density at radius 3 is 2.05 bits per heavy atom. The predicted octanol–water partition coefficient (Wildman–Crippen LogP) is 1.77. The molecule has 0 aliphatic rings. The van der Waals surface area contributed by atoms with Crippen LogP contribution in [0.2, 0.25) is 0 Å². The highest BCUT2D eigenvalue weighted by Gasteiger charge is 2.27. The van der Waals surface area contributed by atoms with Gasteiger partial charge in [0, 0.05) is 12.1 Å². The van der Waals surface area contributed by atoms with E-state index in [1.165, 1.54) is 20.3 Å². The zero-order chi connectivity index (χ0) is 14.6. The van der Waals surface area contributed by atoms with Crippen LogP contribution >= 0.6 is 0 Å². The Labute approximate surface area is 108 Å². The molecule has 1 unspecified atom stereocenters. The van der Waals surface area contributed by atoms with E-state index in [-0.39, 0.29) is 23.6 Å². The Morgan fingerprint density at radius 2 is 1.74 bits per heavy atom. The second kappa shape index (κ2) is 6.33. The summed E-state index contributed by atoms with van der Waals surface area (Å²) in [6, 6.07) is 2.30. The van der Waals surface area contributed by atoms with Gasteiger partial charge in [-0.25, -0.2) is 8.78 Å². The van der Waals surface area contributed by atoms with Crippen LogP contribution in [0.25, 0.3) is 0 Å². The molecule has 0 aromatic heterocycles. The highest BCUT2D eigenvalue weighted by Crippen LogP contribution is 2.38. The molecule has 0 fully saturated rings. The summed E-state index contributed by atoms with van der Waals surface area (Å²) in [6.45, 7) is -0.287. The largest absolute Gasteiger partial charge is 0.493 e. The van der Waals surface area contributed by atoms with Gasteiger partial charge >= 0.3 is 5.97 Å². The molecule has 7 heteroatoms. The van der Waals surface area contributed by atoms with E-state index in [2.05, 4.69) is 0 Å². The van der Waals surface area contributed by atoms with Crippen molar-refractivity contribution in [3.8, 4) is 11.5 Å². The minimum absolute atomic E-state index is 0.0670. The van der Waals surface area contributed by atoms with Gasteiger partial charge in [0.2, 0.25) is 0 Å². The van der Waals surface area contributed by atoms with Gasteiger partial charge < -0.3 is 20.3 Å². The Hall–Kier alpha value is -1.89. The number of benzene rings is 1. The summed E-state index contributed by atoms with van der Waals surface area (Å²) in [5, 5.41) is 9.03. The molecular weight excluding hydrogens is 260 g/mol. The quantitative estimate of drug-likeness (QED) is 0.826. The monoisotopic (exact) mass is 275 g/mol. The average Bonchev–Trinajstić information content (AvgIpc) is 2.38. The first-order chi connectivity index (χ1) is 8.96. The summed E-state index contributed by atoms with van der Waals surface area (Å²) >= 11 is 0. The van der Waals surface area contributed by atoms with Gasteiger partial charge in [0.25, 0.3) is 6.43 Å². The number of nitrogens with two attached hydrogens (primary N) is 1. The van der Waals surface area contributed by atoms with E-state index in [1.807, 2.05) is 0 Å². The number of methoxy groups -OCH3 is 2. The number of carboxylic acid groups (broad SMARTS) is 1. The number of ether oxygens (including phenoxy) is 2. The van der Waals surface area contributed by atoms with Gasteiger partial charge in [-0.15, -0.1) is 0 Å². The summed E-state index contributed by atoms with van der Waals surface area (Å²) in [5.74, 6) is -2.19. The summed E-state index contributed by atoms with van der Waals surface area (Å²) in [4.78, 5) is 11.1.